The standard InChI is InChI=1S/C15H24N4O2/c1-2-19-13(12(16)9-17-19)14(20)18-8-7-15(21)6-4-3-5-11(15)10-18/h9,11,21H,2-8,10,16H2,1H3. The Morgan fingerprint density at radius 2 is 2.33 bits per heavy atom. The molecule has 3 N–H and O–H groups in total. The fraction of sp³-hybridized carbons (Fsp3) is 0.733. The van der Waals surface area contributed by atoms with E-state index < -0.39 is 5.60 Å². The molecule has 1 aromatic heterocycles. The van der Waals surface area contributed by atoms with E-state index >= 15 is 0 Å². The number of hydrogen-bond donors (Lipinski definition) is 2. The van der Waals surface area contributed by atoms with Gasteiger partial charge in [-0.15, -0.1) is 0 Å². The normalized spacial score (nSPS) is 29.2. The van der Waals surface area contributed by atoms with Crippen LogP contribution in [-0.2, 0) is 6.54 Å². The highest BCUT2D eigenvalue weighted by Gasteiger charge is 2.44. The Labute approximate surface area is 124 Å². The van der Waals surface area contributed by atoms with Crippen molar-refractivity contribution in [2.24, 2.45) is 5.92 Å². The highest BCUT2D eigenvalue weighted by Crippen LogP contribution is 2.40. The SMILES string of the molecule is CCn1ncc(N)c1C(=O)N1CCC2(O)CCCCC2C1. The summed E-state index contributed by atoms with van der Waals surface area (Å²) in [5, 5.41) is 14.8. The maximum atomic E-state index is 12.7. The Morgan fingerprint density at radius 1 is 1.52 bits per heavy atom. The number of rotatable bonds is 2. The molecule has 116 valence electrons. The summed E-state index contributed by atoms with van der Waals surface area (Å²) in [7, 11) is 0. The number of amides is 1. The average Bonchev–Trinajstić information content (AvgIpc) is 2.86. The van der Waals surface area contributed by atoms with E-state index in [1.807, 2.05) is 11.8 Å². The molecule has 0 radical (unpaired) electrons. The first kappa shape index (κ1) is 14.4. The van der Waals surface area contributed by atoms with Gasteiger partial charge in [0.15, 0.2) is 0 Å². The number of piperidine rings is 1. The second kappa shape index (κ2) is 5.33. The number of carbonyl (C=O) groups is 1. The van der Waals surface area contributed by atoms with Crippen molar-refractivity contribution in [1.82, 2.24) is 14.7 Å². The zero-order chi connectivity index (χ0) is 15.0. The molecule has 2 heterocycles. The molecule has 1 aromatic rings. The Morgan fingerprint density at radius 3 is 3.10 bits per heavy atom. The maximum Gasteiger partial charge on any atom is 0.274 e. The van der Waals surface area contributed by atoms with Gasteiger partial charge in [-0.05, 0) is 26.2 Å². The van der Waals surface area contributed by atoms with Gasteiger partial charge in [0, 0.05) is 25.6 Å². The monoisotopic (exact) mass is 292 g/mol. The van der Waals surface area contributed by atoms with Gasteiger partial charge in [-0.3, -0.25) is 9.48 Å². The van der Waals surface area contributed by atoms with Gasteiger partial charge in [-0.1, -0.05) is 12.8 Å². The molecule has 0 spiro atoms. The molecule has 6 heteroatoms. The largest absolute Gasteiger partial charge is 0.396 e. The zero-order valence-electron chi connectivity index (χ0n) is 12.6. The zero-order valence-corrected chi connectivity index (χ0v) is 12.6. The van der Waals surface area contributed by atoms with Gasteiger partial charge in [0.1, 0.15) is 5.69 Å². The number of hydrogen-bond acceptors (Lipinski definition) is 4. The first-order chi connectivity index (χ1) is 10.0. The van der Waals surface area contributed by atoms with Gasteiger partial charge >= 0.3 is 0 Å². The second-order valence-corrected chi connectivity index (χ2v) is 6.31. The summed E-state index contributed by atoms with van der Waals surface area (Å²) < 4.78 is 1.65. The van der Waals surface area contributed by atoms with Crippen molar-refractivity contribution in [1.29, 1.82) is 0 Å². The predicted molar refractivity (Wildman–Crippen MR) is 79.7 cm³/mol. The average molecular weight is 292 g/mol. The van der Waals surface area contributed by atoms with Crippen LogP contribution in [-0.4, -0.2) is 44.4 Å². The molecule has 2 unspecified atom stereocenters. The molecule has 1 saturated heterocycles. The third-order valence-electron chi connectivity index (χ3n) is 5.08. The summed E-state index contributed by atoms with van der Waals surface area (Å²) >= 11 is 0. The Hall–Kier alpha value is -1.56. The molecular formula is C15H24N4O2. The minimum atomic E-state index is -0.564. The molecule has 1 aliphatic heterocycles. The molecule has 1 saturated carbocycles. The van der Waals surface area contributed by atoms with Crippen LogP contribution in [0.5, 0.6) is 0 Å². The van der Waals surface area contributed by atoms with Gasteiger partial charge in [0.25, 0.3) is 5.91 Å². The van der Waals surface area contributed by atoms with Crippen molar-refractivity contribution in [2.45, 2.75) is 51.2 Å². The summed E-state index contributed by atoms with van der Waals surface area (Å²) in [5.41, 5.74) is 6.26. The van der Waals surface area contributed by atoms with Gasteiger partial charge in [0.05, 0.1) is 17.5 Å². The fourth-order valence-corrected chi connectivity index (χ4v) is 3.78. The Bertz CT molecular complexity index is 542. The van der Waals surface area contributed by atoms with Crippen molar-refractivity contribution in [3.05, 3.63) is 11.9 Å². The number of likely N-dealkylation sites (tertiary alicyclic amines) is 1. The number of nitrogen functional groups attached to an aromatic ring is 1. The number of aliphatic hydroxyl groups is 1. The number of anilines is 1. The van der Waals surface area contributed by atoms with Crippen molar-refractivity contribution in [3.8, 4) is 0 Å². The highest BCUT2D eigenvalue weighted by molar-refractivity contribution is 5.97. The second-order valence-electron chi connectivity index (χ2n) is 6.31. The van der Waals surface area contributed by atoms with E-state index in [-0.39, 0.29) is 11.8 Å². The lowest BCUT2D eigenvalue weighted by Gasteiger charge is -2.47. The molecule has 2 fully saturated rings. The lowest BCUT2D eigenvalue weighted by Crippen LogP contribution is -2.54. The summed E-state index contributed by atoms with van der Waals surface area (Å²) in [6.07, 6.45) is 6.32. The van der Waals surface area contributed by atoms with Crippen molar-refractivity contribution >= 4 is 11.6 Å². The number of nitrogens with zero attached hydrogens (tertiary/aromatic N) is 3. The molecule has 2 atom stereocenters. The van der Waals surface area contributed by atoms with E-state index in [2.05, 4.69) is 5.10 Å². The molecule has 1 amide bonds. The van der Waals surface area contributed by atoms with Gasteiger partial charge < -0.3 is 15.7 Å². The molecule has 2 aliphatic rings. The van der Waals surface area contributed by atoms with E-state index in [0.29, 0.717) is 37.4 Å². The highest BCUT2D eigenvalue weighted by atomic mass is 16.3. The molecule has 0 aromatic carbocycles. The smallest absolute Gasteiger partial charge is 0.274 e. The van der Waals surface area contributed by atoms with Crippen LogP contribution < -0.4 is 5.73 Å². The van der Waals surface area contributed by atoms with Gasteiger partial charge in [-0.2, -0.15) is 5.10 Å². The molecule has 1 aliphatic carbocycles. The Balaban J connectivity index is 1.79. The molecular weight excluding hydrogens is 268 g/mol. The molecule has 0 bridgehead atoms. The maximum absolute atomic E-state index is 12.7. The Kier molecular flexibility index (Phi) is 3.65. The van der Waals surface area contributed by atoms with Gasteiger partial charge in [0.2, 0.25) is 0 Å². The van der Waals surface area contributed by atoms with Crippen LogP contribution in [0.2, 0.25) is 0 Å². The van der Waals surface area contributed by atoms with Crippen LogP contribution in [0.25, 0.3) is 0 Å². The lowest BCUT2D eigenvalue weighted by atomic mass is 9.71. The fourth-order valence-electron chi connectivity index (χ4n) is 3.78. The van der Waals surface area contributed by atoms with Crippen molar-refractivity contribution < 1.29 is 9.90 Å². The first-order valence-corrected chi connectivity index (χ1v) is 7.88. The predicted octanol–water partition coefficient (Wildman–Crippen LogP) is 1.25. The van der Waals surface area contributed by atoms with Crippen LogP contribution in [0, 0.1) is 5.92 Å². The first-order valence-electron chi connectivity index (χ1n) is 7.88. The van der Waals surface area contributed by atoms with Crippen LogP contribution in [0.3, 0.4) is 0 Å². The summed E-state index contributed by atoms with van der Waals surface area (Å²) in [4.78, 5) is 14.6. The number of nitrogens with two attached hydrogens (primary N) is 1. The molecule has 6 nitrogen and oxygen atoms in total. The van der Waals surface area contributed by atoms with E-state index in [1.54, 1.807) is 4.68 Å². The minimum absolute atomic E-state index is 0.0560. The van der Waals surface area contributed by atoms with Gasteiger partial charge in [-0.25, -0.2) is 0 Å². The van der Waals surface area contributed by atoms with Crippen LogP contribution >= 0.6 is 0 Å². The quantitative estimate of drug-likeness (QED) is 0.859. The molecule has 21 heavy (non-hydrogen) atoms. The summed E-state index contributed by atoms with van der Waals surface area (Å²) in [6.45, 7) is 3.79. The van der Waals surface area contributed by atoms with Crippen molar-refractivity contribution in [3.63, 3.8) is 0 Å². The van der Waals surface area contributed by atoms with Crippen molar-refractivity contribution in [2.75, 3.05) is 18.8 Å². The van der Waals surface area contributed by atoms with Crippen LogP contribution in [0.15, 0.2) is 6.20 Å². The van der Waals surface area contributed by atoms with E-state index in [0.717, 1.165) is 25.7 Å². The number of aryl methyl sites for hydroxylation is 1. The minimum Gasteiger partial charge on any atom is -0.396 e. The van der Waals surface area contributed by atoms with Crippen LogP contribution in [0.1, 0.15) is 49.5 Å². The number of carbonyl (C=O) groups excluding carboxylic acids is 1. The lowest BCUT2D eigenvalue weighted by molar-refractivity contribution is -0.0887. The molecule has 3 rings (SSSR count). The summed E-state index contributed by atoms with van der Waals surface area (Å²) in [6, 6.07) is 0. The third kappa shape index (κ3) is 2.41. The van der Waals surface area contributed by atoms with E-state index in [1.165, 1.54) is 6.20 Å². The third-order valence-corrected chi connectivity index (χ3v) is 5.08. The summed E-state index contributed by atoms with van der Waals surface area (Å²) in [5.74, 6) is 0.141. The number of aromatic nitrogens is 2. The van der Waals surface area contributed by atoms with Crippen LogP contribution in [0.4, 0.5) is 5.69 Å². The topological polar surface area (TPSA) is 84.4 Å². The van der Waals surface area contributed by atoms with E-state index in [9.17, 15) is 9.90 Å². The number of fused-ring (bicyclic) bond motifs is 1. The van der Waals surface area contributed by atoms with E-state index in [4.69, 9.17) is 5.73 Å².